The quantitative estimate of drug-likeness (QED) is 0.607. The molecule has 0 aliphatic rings. The Hall–Kier alpha value is -3.54. The molecule has 0 aliphatic heterocycles. The molecule has 0 saturated carbocycles. The summed E-state index contributed by atoms with van der Waals surface area (Å²) in [5, 5.41) is 2.80. The Bertz CT molecular complexity index is 1060. The molecule has 2 aromatic heterocycles. The number of benzene rings is 2. The van der Waals surface area contributed by atoms with Gasteiger partial charge in [-0.05, 0) is 48.0 Å². The van der Waals surface area contributed by atoms with Gasteiger partial charge in [-0.25, -0.2) is 9.37 Å². The van der Waals surface area contributed by atoms with Crippen molar-refractivity contribution in [1.29, 1.82) is 0 Å². The summed E-state index contributed by atoms with van der Waals surface area (Å²) in [5.41, 5.74) is 3.08. The number of oxazole rings is 1. The maximum atomic E-state index is 12.9. The van der Waals surface area contributed by atoms with Crippen molar-refractivity contribution in [3.8, 4) is 11.6 Å². The van der Waals surface area contributed by atoms with Crippen molar-refractivity contribution in [3.05, 3.63) is 83.8 Å². The zero-order valence-electron chi connectivity index (χ0n) is 13.6. The molecule has 0 atom stereocenters. The molecule has 1 N–H and O–H groups in total. The summed E-state index contributed by atoms with van der Waals surface area (Å²) in [6.45, 7) is 0.312. The van der Waals surface area contributed by atoms with Gasteiger partial charge in [-0.15, -0.1) is 0 Å². The predicted octanol–water partition coefficient (Wildman–Crippen LogP) is 3.96. The van der Waals surface area contributed by atoms with Crippen molar-refractivity contribution in [3.63, 3.8) is 0 Å². The molecule has 4 rings (SSSR count). The number of nitrogens with one attached hydrogen (secondary N) is 1. The van der Waals surface area contributed by atoms with E-state index in [4.69, 9.17) is 4.42 Å². The Morgan fingerprint density at radius 2 is 1.92 bits per heavy atom. The van der Waals surface area contributed by atoms with Crippen LogP contribution in [0, 0.1) is 5.82 Å². The van der Waals surface area contributed by atoms with Gasteiger partial charge in [0.15, 0.2) is 5.58 Å². The van der Waals surface area contributed by atoms with E-state index < -0.39 is 0 Å². The molecular weight excluding hydrogens is 333 g/mol. The molecule has 1 amide bonds. The second-order valence-electron chi connectivity index (χ2n) is 5.73. The second-order valence-corrected chi connectivity index (χ2v) is 5.73. The van der Waals surface area contributed by atoms with Gasteiger partial charge in [0.2, 0.25) is 5.89 Å². The van der Waals surface area contributed by atoms with Gasteiger partial charge in [-0.2, -0.15) is 0 Å². The number of hydrogen-bond donors (Lipinski definition) is 1. The molecule has 2 heterocycles. The number of aromatic nitrogens is 2. The Kier molecular flexibility index (Phi) is 4.15. The zero-order valence-corrected chi connectivity index (χ0v) is 13.6. The van der Waals surface area contributed by atoms with Crippen LogP contribution in [0.2, 0.25) is 0 Å². The van der Waals surface area contributed by atoms with E-state index >= 15 is 0 Å². The molecule has 0 fully saturated rings. The Labute approximate surface area is 148 Å². The van der Waals surface area contributed by atoms with E-state index in [0.29, 0.717) is 34.8 Å². The molecule has 0 radical (unpaired) electrons. The molecule has 0 bridgehead atoms. The van der Waals surface area contributed by atoms with E-state index in [2.05, 4.69) is 15.3 Å². The van der Waals surface area contributed by atoms with Crippen molar-refractivity contribution >= 4 is 17.0 Å². The summed E-state index contributed by atoms with van der Waals surface area (Å²) >= 11 is 0. The topological polar surface area (TPSA) is 68.0 Å². The van der Waals surface area contributed by atoms with Gasteiger partial charge in [-0.3, -0.25) is 9.78 Å². The first-order valence-corrected chi connectivity index (χ1v) is 8.04. The minimum atomic E-state index is -0.306. The summed E-state index contributed by atoms with van der Waals surface area (Å²) in [4.78, 5) is 20.9. The van der Waals surface area contributed by atoms with E-state index in [-0.39, 0.29) is 11.7 Å². The van der Waals surface area contributed by atoms with Crippen LogP contribution in [-0.2, 0) is 6.54 Å². The molecule has 0 spiro atoms. The van der Waals surface area contributed by atoms with E-state index in [1.807, 2.05) is 12.1 Å². The number of halogens is 1. The minimum Gasteiger partial charge on any atom is -0.435 e. The molecular formula is C20H14FN3O2. The van der Waals surface area contributed by atoms with Crippen molar-refractivity contribution in [2.45, 2.75) is 6.54 Å². The number of fused-ring (bicyclic) bond motifs is 1. The molecule has 4 aromatic rings. The number of rotatable bonds is 4. The molecule has 2 aromatic carbocycles. The van der Waals surface area contributed by atoms with Gasteiger partial charge in [-0.1, -0.05) is 18.2 Å². The van der Waals surface area contributed by atoms with Crippen LogP contribution in [0.15, 0.2) is 71.3 Å². The fourth-order valence-corrected chi connectivity index (χ4v) is 2.55. The lowest BCUT2D eigenvalue weighted by molar-refractivity contribution is 0.0951. The lowest BCUT2D eigenvalue weighted by Gasteiger charge is -2.05. The third kappa shape index (κ3) is 3.30. The number of carbonyl (C=O) groups is 1. The monoisotopic (exact) mass is 347 g/mol. The summed E-state index contributed by atoms with van der Waals surface area (Å²) in [6, 6.07) is 16.5. The standard InChI is InChI=1S/C20H14FN3O2/c21-15-7-4-13(5-8-15)12-23-19(25)14-6-9-16-18(11-14)26-20(24-16)17-3-1-2-10-22-17/h1-11H,12H2,(H,23,25). The molecule has 128 valence electrons. The first-order valence-electron chi connectivity index (χ1n) is 8.04. The van der Waals surface area contributed by atoms with Crippen molar-refractivity contribution < 1.29 is 13.6 Å². The molecule has 0 aliphatic carbocycles. The van der Waals surface area contributed by atoms with Crippen LogP contribution >= 0.6 is 0 Å². The Morgan fingerprint density at radius 1 is 1.08 bits per heavy atom. The molecule has 0 saturated heterocycles. The third-order valence-corrected chi connectivity index (χ3v) is 3.90. The highest BCUT2D eigenvalue weighted by atomic mass is 19.1. The van der Waals surface area contributed by atoms with Crippen LogP contribution in [0.25, 0.3) is 22.7 Å². The van der Waals surface area contributed by atoms with E-state index in [0.717, 1.165) is 5.56 Å². The van der Waals surface area contributed by atoms with Crippen LogP contribution < -0.4 is 5.32 Å². The molecule has 5 nitrogen and oxygen atoms in total. The smallest absolute Gasteiger partial charge is 0.251 e. The van der Waals surface area contributed by atoms with E-state index in [1.165, 1.54) is 12.1 Å². The number of hydrogen-bond acceptors (Lipinski definition) is 4. The summed E-state index contributed by atoms with van der Waals surface area (Å²) in [5.74, 6) is -0.143. The Morgan fingerprint density at radius 3 is 2.69 bits per heavy atom. The largest absolute Gasteiger partial charge is 0.435 e. The highest BCUT2D eigenvalue weighted by molar-refractivity contribution is 5.97. The normalized spacial score (nSPS) is 10.8. The first-order chi connectivity index (χ1) is 12.7. The first kappa shape index (κ1) is 16.0. The van der Waals surface area contributed by atoms with Crippen LogP contribution in [0.5, 0.6) is 0 Å². The van der Waals surface area contributed by atoms with Crippen LogP contribution in [0.3, 0.4) is 0 Å². The van der Waals surface area contributed by atoms with Gasteiger partial charge < -0.3 is 9.73 Å². The highest BCUT2D eigenvalue weighted by Crippen LogP contribution is 2.23. The number of carbonyl (C=O) groups excluding carboxylic acids is 1. The molecule has 6 heteroatoms. The Balaban J connectivity index is 1.53. The van der Waals surface area contributed by atoms with Gasteiger partial charge in [0, 0.05) is 18.3 Å². The summed E-state index contributed by atoms with van der Waals surface area (Å²) in [6.07, 6.45) is 1.67. The van der Waals surface area contributed by atoms with Gasteiger partial charge in [0.1, 0.15) is 17.0 Å². The predicted molar refractivity (Wildman–Crippen MR) is 94.8 cm³/mol. The van der Waals surface area contributed by atoms with Crippen LogP contribution in [0.4, 0.5) is 4.39 Å². The molecule has 0 unspecified atom stereocenters. The average molecular weight is 347 g/mol. The van der Waals surface area contributed by atoms with Crippen molar-refractivity contribution in [2.24, 2.45) is 0 Å². The second kappa shape index (κ2) is 6.76. The van der Waals surface area contributed by atoms with Gasteiger partial charge in [0.05, 0.1) is 0 Å². The fourth-order valence-electron chi connectivity index (χ4n) is 2.55. The maximum Gasteiger partial charge on any atom is 0.251 e. The van der Waals surface area contributed by atoms with E-state index in [9.17, 15) is 9.18 Å². The van der Waals surface area contributed by atoms with Crippen LogP contribution in [-0.4, -0.2) is 15.9 Å². The summed E-state index contributed by atoms with van der Waals surface area (Å²) < 4.78 is 18.6. The third-order valence-electron chi connectivity index (χ3n) is 3.90. The summed E-state index contributed by atoms with van der Waals surface area (Å²) in [7, 11) is 0. The minimum absolute atomic E-state index is 0.244. The lowest BCUT2D eigenvalue weighted by atomic mass is 10.2. The van der Waals surface area contributed by atoms with E-state index in [1.54, 1.807) is 42.6 Å². The molecule has 26 heavy (non-hydrogen) atoms. The van der Waals surface area contributed by atoms with Crippen molar-refractivity contribution in [2.75, 3.05) is 0 Å². The lowest BCUT2D eigenvalue weighted by Crippen LogP contribution is -2.22. The average Bonchev–Trinajstić information content (AvgIpc) is 3.11. The van der Waals surface area contributed by atoms with Gasteiger partial charge in [0.25, 0.3) is 5.91 Å². The fraction of sp³-hybridized carbons (Fsp3) is 0.0500. The van der Waals surface area contributed by atoms with Crippen molar-refractivity contribution in [1.82, 2.24) is 15.3 Å². The van der Waals surface area contributed by atoms with Crippen LogP contribution in [0.1, 0.15) is 15.9 Å². The number of pyridine rings is 1. The zero-order chi connectivity index (χ0) is 17.9. The SMILES string of the molecule is O=C(NCc1ccc(F)cc1)c1ccc2nc(-c3ccccn3)oc2c1. The maximum absolute atomic E-state index is 12.9. The number of amides is 1. The van der Waals surface area contributed by atoms with Gasteiger partial charge >= 0.3 is 0 Å². The number of nitrogens with zero attached hydrogens (tertiary/aromatic N) is 2. The highest BCUT2D eigenvalue weighted by Gasteiger charge is 2.12.